The molecule has 3 aromatic heterocycles. The Morgan fingerprint density at radius 1 is 1.13 bits per heavy atom. The molecule has 0 aliphatic carbocycles. The van der Waals surface area contributed by atoms with Crippen LogP contribution in [0.3, 0.4) is 0 Å². The van der Waals surface area contributed by atoms with E-state index in [1.807, 2.05) is 42.2 Å². The summed E-state index contributed by atoms with van der Waals surface area (Å²) in [5.74, 6) is 0.850. The molecule has 2 bridgehead atoms. The van der Waals surface area contributed by atoms with Gasteiger partial charge in [0.25, 0.3) is 0 Å². The van der Waals surface area contributed by atoms with E-state index in [9.17, 15) is 0 Å². The molecule has 7 nitrogen and oxygen atoms in total. The molecule has 5 heterocycles. The standard InChI is InChI=1S/C23H24N6O/c1-27-17(9-10-25-27)14-28-16-5-8-21(28)19-13-24-23-12-20(26-29(23)22(19)11-16)15-3-6-18(30-2)7-4-15/h3-4,6-7,9-10,12-13,16,21H,5,8,11,14H2,1-2H3/t16-,21+/m0/s1. The van der Waals surface area contributed by atoms with Gasteiger partial charge in [-0.2, -0.15) is 10.2 Å². The lowest BCUT2D eigenvalue weighted by molar-refractivity contribution is 0.161. The number of rotatable bonds is 4. The molecule has 0 saturated carbocycles. The van der Waals surface area contributed by atoms with Crippen molar-refractivity contribution in [1.29, 1.82) is 0 Å². The fraction of sp³-hybridized carbons (Fsp3) is 0.348. The van der Waals surface area contributed by atoms with Crippen molar-refractivity contribution in [2.24, 2.45) is 7.05 Å². The number of hydrogen-bond acceptors (Lipinski definition) is 5. The number of nitrogens with zero attached hydrogens (tertiary/aromatic N) is 6. The van der Waals surface area contributed by atoms with Crippen LogP contribution in [0.25, 0.3) is 16.9 Å². The van der Waals surface area contributed by atoms with Crippen LogP contribution < -0.4 is 4.74 Å². The van der Waals surface area contributed by atoms with E-state index in [0.29, 0.717) is 12.1 Å². The van der Waals surface area contributed by atoms with Gasteiger partial charge in [0.05, 0.1) is 24.2 Å². The number of aryl methyl sites for hydroxylation is 1. The molecule has 0 amide bonds. The lowest BCUT2D eigenvalue weighted by Gasteiger charge is -2.36. The maximum atomic E-state index is 5.28. The fourth-order valence-electron chi connectivity index (χ4n) is 5.08. The minimum Gasteiger partial charge on any atom is -0.497 e. The highest BCUT2D eigenvalue weighted by Gasteiger charge is 2.41. The molecule has 2 aliphatic rings. The molecule has 0 spiro atoms. The predicted octanol–water partition coefficient (Wildman–Crippen LogP) is 3.40. The predicted molar refractivity (Wildman–Crippen MR) is 113 cm³/mol. The van der Waals surface area contributed by atoms with Gasteiger partial charge >= 0.3 is 0 Å². The molecule has 30 heavy (non-hydrogen) atoms. The van der Waals surface area contributed by atoms with Crippen LogP contribution in [0.5, 0.6) is 5.75 Å². The Kier molecular flexibility index (Phi) is 3.92. The number of fused-ring (bicyclic) bond motifs is 6. The number of ether oxygens (including phenoxy) is 1. The van der Waals surface area contributed by atoms with Gasteiger partial charge in [-0.05, 0) is 43.2 Å². The Hall–Kier alpha value is -3.19. The fourth-order valence-corrected chi connectivity index (χ4v) is 5.08. The van der Waals surface area contributed by atoms with E-state index in [0.717, 1.165) is 35.6 Å². The Morgan fingerprint density at radius 2 is 2.00 bits per heavy atom. The summed E-state index contributed by atoms with van der Waals surface area (Å²) in [6.07, 6.45) is 7.35. The first-order valence-corrected chi connectivity index (χ1v) is 10.5. The van der Waals surface area contributed by atoms with Crippen molar-refractivity contribution in [2.45, 2.75) is 37.9 Å². The molecule has 0 unspecified atom stereocenters. The van der Waals surface area contributed by atoms with Crippen LogP contribution in [-0.4, -0.2) is 42.4 Å². The molecule has 1 saturated heterocycles. The monoisotopic (exact) mass is 400 g/mol. The van der Waals surface area contributed by atoms with Crippen molar-refractivity contribution in [3.63, 3.8) is 0 Å². The zero-order valence-electron chi connectivity index (χ0n) is 17.2. The van der Waals surface area contributed by atoms with E-state index in [4.69, 9.17) is 14.8 Å². The Labute approximate surface area is 174 Å². The molecule has 1 fully saturated rings. The van der Waals surface area contributed by atoms with E-state index in [-0.39, 0.29) is 0 Å². The topological polar surface area (TPSA) is 60.5 Å². The third-order valence-corrected chi connectivity index (χ3v) is 6.70. The average molecular weight is 400 g/mol. The van der Waals surface area contributed by atoms with Gasteiger partial charge in [0, 0.05) is 61.7 Å². The molecule has 2 atom stereocenters. The Bertz CT molecular complexity index is 1220. The Morgan fingerprint density at radius 3 is 2.77 bits per heavy atom. The molecular formula is C23H24N6O. The molecule has 1 aromatic carbocycles. The third-order valence-electron chi connectivity index (χ3n) is 6.70. The molecule has 2 aliphatic heterocycles. The lowest BCUT2D eigenvalue weighted by atomic mass is 9.99. The lowest BCUT2D eigenvalue weighted by Crippen LogP contribution is -2.38. The van der Waals surface area contributed by atoms with Crippen molar-refractivity contribution in [1.82, 2.24) is 29.3 Å². The number of hydrogen-bond donors (Lipinski definition) is 0. The van der Waals surface area contributed by atoms with Crippen LogP contribution in [0.4, 0.5) is 0 Å². The van der Waals surface area contributed by atoms with Crippen molar-refractivity contribution < 1.29 is 4.74 Å². The molecular weight excluding hydrogens is 376 g/mol. The van der Waals surface area contributed by atoms with E-state index < -0.39 is 0 Å². The first kappa shape index (κ1) is 17.7. The van der Waals surface area contributed by atoms with E-state index >= 15 is 0 Å². The Balaban J connectivity index is 1.38. The van der Waals surface area contributed by atoms with Gasteiger partial charge in [-0.25, -0.2) is 9.50 Å². The summed E-state index contributed by atoms with van der Waals surface area (Å²) in [6.45, 7) is 0.930. The minimum absolute atomic E-state index is 0.402. The summed E-state index contributed by atoms with van der Waals surface area (Å²) < 4.78 is 9.32. The smallest absolute Gasteiger partial charge is 0.155 e. The van der Waals surface area contributed by atoms with E-state index in [1.165, 1.54) is 29.8 Å². The number of methoxy groups -OCH3 is 1. The third kappa shape index (κ3) is 2.65. The summed E-state index contributed by atoms with van der Waals surface area (Å²) in [4.78, 5) is 7.40. The second-order valence-electron chi connectivity index (χ2n) is 8.26. The second-order valence-corrected chi connectivity index (χ2v) is 8.26. The van der Waals surface area contributed by atoms with Crippen molar-refractivity contribution >= 4 is 5.65 Å². The van der Waals surface area contributed by atoms with Crippen LogP contribution in [0.15, 0.2) is 48.8 Å². The SMILES string of the molecule is COc1ccc(-c2cc3ncc4c(n3n2)C[C@@H]2CC[C@H]4N2Cc2ccnn2C)cc1. The van der Waals surface area contributed by atoms with Crippen molar-refractivity contribution in [3.05, 3.63) is 65.7 Å². The molecule has 6 rings (SSSR count). The van der Waals surface area contributed by atoms with Crippen LogP contribution in [0.1, 0.15) is 35.8 Å². The van der Waals surface area contributed by atoms with Gasteiger partial charge in [0.15, 0.2) is 5.65 Å². The normalized spacial score (nSPS) is 20.6. The van der Waals surface area contributed by atoms with Gasteiger partial charge in [-0.1, -0.05) is 0 Å². The zero-order valence-corrected chi connectivity index (χ0v) is 17.2. The van der Waals surface area contributed by atoms with E-state index in [2.05, 4.69) is 32.8 Å². The summed E-state index contributed by atoms with van der Waals surface area (Å²) >= 11 is 0. The number of aromatic nitrogens is 5. The second kappa shape index (κ2) is 6.67. The molecule has 7 heteroatoms. The highest BCUT2D eigenvalue weighted by molar-refractivity contribution is 5.65. The summed E-state index contributed by atoms with van der Waals surface area (Å²) in [7, 11) is 3.70. The van der Waals surface area contributed by atoms with Crippen LogP contribution in [0.2, 0.25) is 0 Å². The molecule has 4 aromatic rings. The van der Waals surface area contributed by atoms with Gasteiger partial charge < -0.3 is 4.74 Å². The maximum Gasteiger partial charge on any atom is 0.155 e. The van der Waals surface area contributed by atoms with Crippen LogP contribution >= 0.6 is 0 Å². The first-order valence-electron chi connectivity index (χ1n) is 10.5. The van der Waals surface area contributed by atoms with Gasteiger partial charge in [-0.3, -0.25) is 9.58 Å². The van der Waals surface area contributed by atoms with Gasteiger partial charge in [-0.15, -0.1) is 0 Å². The molecule has 0 N–H and O–H groups in total. The van der Waals surface area contributed by atoms with Gasteiger partial charge in [0.1, 0.15) is 5.75 Å². The van der Waals surface area contributed by atoms with Crippen LogP contribution in [0, 0.1) is 0 Å². The minimum atomic E-state index is 0.402. The summed E-state index contributed by atoms with van der Waals surface area (Å²) in [5.41, 5.74) is 6.83. The van der Waals surface area contributed by atoms with Gasteiger partial charge in [0.2, 0.25) is 0 Å². The van der Waals surface area contributed by atoms with E-state index in [1.54, 1.807) is 7.11 Å². The average Bonchev–Trinajstić information content (AvgIpc) is 3.46. The first-order chi connectivity index (χ1) is 14.7. The highest BCUT2D eigenvalue weighted by atomic mass is 16.5. The summed E-state index contributed by atoms with van der Waals surface area (Å²) in [5, 5.41) is 9.28. The maximum absolute atomic E-state index is 5.28. The largest absolute Gasteiger partial charge is 0.497 e. The van der Waals surface area contributed by atoms with Crippen LogP contribution in [-0.2, 0) is 20.0 Å². The zero-order chi connectivity index (χ0) is 20.2. The highest BCUT2D eigenvalue weighted by Crippen LogP contribution is 2.44. The summed E-state index contributed by atoms with van der Waals surface area (Å²) in [6, 6.07) is 13.2. The van der Waals surface area contributed by atoms with Crippen molar-refractivity contribution in [2.75, 3.05) is 7.11 Å². The molecule has 0 radical (unpaired) electrons. The quantitative estimate of drug-likeness (QED) is 0.525. The van der Waals surface area contributed by atoms with Crippen molar-refractivity contribution in [3.8, 4) is 17.0 Å². The molecule has 152 valence electrons. The number of benzene rings is 1.